The maximum atomic E-state index is 13.2. The highest BCUT2D eigenvalue weighted by atomic mass is 19.1. The molecule has 4 aromatic rings. The zero-order valence-corrected chi connectivity index (χ0v) is 10.7. The first-order valence-corrected chi connectivity index (χ1v) is 6.31. The first-order valence-electron chi connectivity index (χ1n) is 6.31. The Labute approximate surface area is 117 Å². The summed E-state index contributed by atoms with van der Waals surface area (Å²) < 4.78 is 37.1. The molecule has 0 aliphatic rings. The van der Waals surface area contributed by atoms with Gasteiger partial charge in [0.05, 0.1) is 0 Å². The minimum Gasteiger partial charge on any atom is -0.447 e. The Morgan fingerprint density at radius 3 is 1.67 bits per heavy atom. The quantitative estimate of drug-likeness (QED) is 0.550. The van der Waals surface area contributed by atoms with Crippen LogP contribution >= 0.6 is 0 Å². The molecule has 0 fully saturated rings. The second kappa shape index (κ2) is 4.34. The second-order valence-electron chi connectivity index (χ2n) is 4.72. The molecule has 0 radical (unpaired) electrons. The van der Waals surface area contributed by atoms with Crippen molar-refractivity contribution in [3.05, 3.63) is 60.6 Å². The summed E-state index contributed by atoms with van der Waals surface area (Å²) in [7, 11) is 0. The van der Waals surface area contributed by atoms with Crippen molar-refractivity contribution in [2.75, 3.05) is 5.32 Å². The van der Waals surface area contributed by atoms with Gasteiger partial charge in [0.25, 0.3) is 0 Å². The van der Waals surface area contributed by atoms with E-state index in [1.807, 2.05) is 0 Å². The SMILES string of the molecule is Fc1ccc2c(Nc3occ4cc(F)ccc34)occ2c1. The number of hydrogen-bond acceptors (Lipinski definition) is 3. The molecule has 2 aromatic carbocycles. The second-order valence-corrected chi connectivity index (χ2v) is 4.72. The first-order chi connectivity index (χ1) is 10.2. The van der Waals surface area contributed by atoms with Crippen molar-refractivity contribution >= 4 is 33.3 Å². The van der Waals surface area contributed by atoms with E-state index in [9.17, 15) is 8.78 Å². The van der Waals surface area contributed by atoms with Crippen LogP contribution in [0.5, 0.6) is 0 Å². The minimum atomic E-state index is -0.325. The summed E-state index contributed by atoms with van der Waals surface area (Å²) in [5.41, 5.74) is 0. The van der Waals surface area contributed by atoms with Crippen LogP contribution in [0.2, 0.25) is 0 Å². The van der Waals surface area contributed by atoms with Crippen molar-refractivity contribution in [3.63, 3.8) is 0 Å². The maximum absolute atomic E-state index is 13.2. The Bertz CT molecular complexity index is 877. The highest BCUT2D eigenvalue weighted by Gasteiger charge is 2.12. The van der Waals surface area contributed by atoms with Gasteiger partial charge in [-0.05, 0) is 36.4 Å². The van der Waals surface area contributed by atoms with Gasteiger partial charge < -0.3 is 8.83 Å². The molecule has 0 aliphatic carbocycles. The van der Waals surface area contributed by atoms with Crippen molar-refractivity contribution in [3.8, 4) is 0 Å². The number of fused-ring (bicyclic) bond motifs is 2. The van der Waals surface area contributed by atoms with E-state index in [1.54, 1.807) is 12.1 Å². The lowest BCUT2D eigenvalue weighted by Crippen LogP contribution is -1.87. The average molecular weight is 285 g/mol. The zero-order chi connectivity index (χ0) is 14.4. The highest BCUT2D eigenvalue weighted by molar-refractivity contribution is 5.97. The van der Waals surface area contributed by atoms with E-state index in [2.05, 4.69) is 5.32 Å². The molecule has 0 atom stereocenters. The van der Waals surface area contributed by atoms with Crippen molar-refractivity contribution < 1.29 is 17.6 Å². The van der Waals surface area contributed by atoms with Crippen molar-refractivity contribution in [1.29, 1.82) is 0 Å². The van der Waals surface area contributed by atoms with Gasteiger partial charge in [-0.2, -0.15) is 0 Å². The van der Waals surface area contributed by atoms with Crippen LogP contribution in [0.3, 0.4) is 0 Å². The van der Waals surface area contributed by atoms with E-state index in [0.717, 1.165) is 10.8 Å². The van der Waals surface area contributed by atoms with E-state index >= 15 is 0 Å². The Morgan fingerprint density at radius 2 is 1.19 bits per heavy atom. The summed E-state index contributed by atoms with van der Waals surface area (Å²) in [6.45, 7) is 0. The fourth-order valence-corrected chi connectivity index (χ4v) is 2.34. The lowest BCUT2D eigenvalue weighted by atomic mass is 10.2. The highest BCUT2D eigenvalue weighted by Crippen LogP contribution is 2.33. The number of nitrogens with one attached hydrogen (secondary N) is 1. The van der Waals surface area contributed by atoms with Crippen LogP contribution in [0.15, 0.2) is 57.8 Å². The van der Waals surface area contributed by atoms with Crippen molar-refractivity contribution in [2.24, 2.45) is 0 Å². The van der Waals surface area contributed by atoms with Crippen LogP contribution in [0.25, 0.3) is 21.5 Å². The van der Waals surface area contributed by atoms with Crippen LogP contribution in [-0.4, -0.2) is 0 Å². The number of rotatable bonds is 2. The van der Waals surface area contributed by atoms with Gasteiger partial charge in [-0.1, -0.05) is 0 Å². The predicted molar refractivity (Wildman–Crippen MR) is 75.6 cm³/mol. The standard InChI is InChI=1S/C16H9F2NO2/c17-11-1-3-13-9(5-11)7-20-15(13)19-16-14-4-2-12(18)6-10(14)8-21-16/h1-8,19H. The van der Waals surface area contributed by atoms with Gasteiger partial charge in [0, 0.05) is 21.5 Å². The van der Waals surface area contributed by atoms with E-state index in [0.29, 0.717) is 22.5 Å². The van der Waals surface area contributed by atoms with E-state index in [1.165, 1.54) is 36.8 Å². The molecule has 0 aliphatic heterocycles. The molecule has 104 valence electrons. The summed E-state index contributed by atoms with van der Waals surface area (Å²) >= 11 is 0. The first kappa shape index (κ1) is 12.0. The molecule has 2 aromatic heterocycles. The molecule has 0 saturated heterocycles. The largest absolute Gasteiger partial charge is 0.447 e. The number of benzene rings is 2. The fourth-order valence-electron chi connectivity index (χ4n) is 2.34. The molecule has 2 heterocycles. The fraction of sp³-hybridized carbons (Fsp3) is 0. The Kier molecular flexibility index (Phi) is 2.47. The van der Waals surface area contributed by atoms with Gasteiger partial charge in [0.1, 0.15) is 24.2 Å². The topological polar surface area (TPSA) is 38.3 Å². The van der Waals surface area contributed by atoms with Crippen LogP contribution in [0.1, 0.15) is 0 Å². The smallest absolute Gasteiger partial charge is 0.207 e. The van der Waals surface area contributed by atoms with Gasteiger partial charge in [0.2, 0.25) is 11.8 Å². The maximum Gasteiger partial charge on any atom is 0.207 e. The summed E-state index contributed by atoms with van der Waals surface area (Å²) in [5.74, 6) is 0.249. The monoisotopic (exact) mass is 285 g/mol. The predicted octanol–water partition coefficient (Wildman–Crippen LogP) is 5.20. The zero-order valence-electron chi connectivity index (χ0n) is 10.7. The molecule has 0 spiro atoms. The van der Waals surface area contributed by atoms with Crippen molar-refractivity contribution in [1.82, 2.24) is 0 Å². The Morgan fingerprint density at radius 1 is 0.714 bits per heavy atom. The van der Waals surface area contributed by atoms with E-state index in [-0.39, 0.29) is 11.6 Å². The van der Waals surface area contributed by atoms with Crippen LogP contribution in [0.4, 0.5) is 20.5 Å². The Hall–Kier alpha value is -2.82. The Balaban J connectivity index is 1.79. The summed E-state index contributed by atoms with van der Waals surface area (Å²) in [5, 5.41) is 5.79. The van der Waals surface area contributed by atoms with Crippen LogP contribution in [-0.2, 0) is 0 Å². The number of anilines is 2. The molecule has 0 saturated carbocycles. The lowest BCUT2D eigenvalue weighted by molar-refractivity contribution is 0.564. The molecule has 21 heavy (non-hydrogen) atoms. The van der Waals surface area contributed by atoms with E-state index < -0.39 is 0 Å². The number of halogens is 2. The molecule has 5 heteroatoms. The third-order valence-electron chi connectivity index (χ3n) is 3.35. The molecular weight excluding hydrogens is 276 g/mol. The third-order valence-corrected chi connectivity index (χ3v) is 3.35. The van der Waals surface area contributed by atoms with Crippen LogP contribution < -0.4 is 5.32 Å². The molecule has 0 unspecified atom stereocenters. The van der Waals surface area contributed by atoms with Crippen LogP contribution in [0, 0.1) is 11.6 Å². The average Bonchev–Trinajstić information content (AvgIpc) is 3.03. The van der Waals surface area contributed by atoms with Gasteiger partial charge >= 0.3 is 0 Å². The molecule has 1 N–H and O–H groups in total. The van der Waals surface area contributed by atoms with Gasteiger partial charge in [0.15, 0.2) is 0 Å². The molecule has 0 bridgehead atoms. The number of furan rings is 2. The summed E-state index contributed by atoms with van der Waals surface area (Å²) in [6.07, 6.45) is 2.93. The molecule has 4 rings (SSSR count). The number of hydrogen-bond donors (Lipinski definition) is 1. The molecular formula is C16H9F2NO2. The van der Waals surface area contributed by atoms with Gasteiger partial charge in [-0.25, -0.2) is 8.78 Å². The third kappa shape index (κ3) is 1.94. The van der Waals surface area contributed by atoms with Gasteiger partial charge in [-0.3, -0.25) is 5.32 Å². The molecule has 3 nitrogen and oxygen atoms in total. The minimum absolute atomic E-state index is 0.325. The van der Waals surface area contributed by atoms with Gasteiger partial charge in [-0.15, -0.1) is 0 Å². The molecule has 0 amide bonds. The lowest BCUT2D eigenvalue weighted by Gasteiger charge is -2.00. The normalized spacial score (nSPS) is 11.3. The summed E-state index contributed by atoms with van der Waals surface area (Å²) in [6, 6.07) is 8.75. The van der Waals surface area contributed by atoms with E-state index in [4.69, 9.17) is 8.83 Å². The summed E-state index contributed by atoms with van der Waals surface area (Å²) in [4.78, 5) is 0. The van der Waals surface area contributed by atoms with Crippen molar-refractivity contribution in [2.45, 2.75) is 0 Å².